The molecule has 1 fully saturated rings. The van der Waals surface area contributed by atoms with E-state index >= 15 is 0 Å². The number of unbranched alkanes of at least 4 members (excludes halogenated alkanes) is 10. The normalized spacial score (nSPS) is 19.8. The van der Waals surface area contributed by atoms with Gasteiger partial charge in [-0.15, -0.1) is 0 Å². The second kappa shape index (κ2) is 14.2. The largest absolute Gasteiger partial charge is 0.444 e. The van der Waals surface area contributed by atoms with E-state index in [0.29, 0.717) is 6.61 Å². The van der Waals surface area contributed by atoms with Gasteiger partial charge in [0.2, 0.25) is 0 Å². The number of nitrogens with zero attached hydrogens (tertiary/aromatic N) is 1. The minimum atomic E-state index is -0.724. The minimum absolute atomic E-state index is 0.225. The lowest BCUT2D eigenvalue weighted by Gasteiger charge is -2.34. The zero-order valence-corrected chi connectivity index (χ0v) is 21.1. The number of aliphatic hydroxyl groups is 1. The van der Waals surface area contributed by atoms with E-state index in [1.54, 1.807) is 4.90 Å². The number of carbonyl (C=O) groups excluding carboxylic acids is 1. The van der Waals surface area contributed by atoms with Crippen LogP contribution in [0.3, 0.4) is 0 Å². The number of rotatable bonds is 14. The van der Waals surface area contributed by atoms with Gasteiger partial charge in [0, 0.05) is 0 Å². The maximum Gasteiger partial charge on any atom is 0.413 e. The third kappa shape index (κ3) is 11.9. The molecule has 1 amide bonds. The van der Waals surface area contributed by atoms with Gasteiger partial charge in [-0.2, -0.15) is 0 Å². The molecule has 1 aliphatic rings. The van der Waals surface area contributed by atoms with Gasteiger partial charge < -0.3 is 14.6 Å². The highest BCUT2D eigenvalue weighted by Crippen LogP contribution is 2.30. The van der Waals surface area contributed by atoms with Crippen LogP contribution in [0, 0.1) is 0 Å². The molecule has 0 aliphatic carbocycles. The van der Waals surface area contributed by atoms with E-state index in [1.165, 1.54) is 64.2 Å². The third-order valence-corrected chi connectivity index (χ3v) is 5.77. The lowest BCUT2D eigenvalue weighted by atomic mass is 10.0. The van der Waals surface area contributed by atoms with Crippen molar-refractivity contribution in [2.45, 2.75) is 142 Å². The summed E-state index contributed by atoms with van der Waals surface area (Å²) >= 11 is 0. The number of hydrogen-bond donors (Lipinski definition) is 1. The highest BCUT2D eigenvalue weighted by Gasteiger charge is 2.44. The summed E-state index contributed by atoms with van der Waals surface area (Å²) in [4.78, 5) is 14.3. The SMILES string of the molecule is CCCCCCCCCCCCC[C@@H](O)/C=C/[C@@H]1COC(C)(C)N1C(=O)OC(C)(C)C. The molecule has 0 radical (unpaired) electrons. The average molecular weight is 440 g/mol. The standard InChI is InChI=1S/C26H49NO4/c1-7-8-9-10-11-12-13-14-15-16-17-18-23(28)20-19-22-21-30-26(5,6)27(22)24(29)31-25(2,3)4/h19-20,22-23,28H,7-18,21H2,1-6H3/b20-19+/t22-,23-/m1/s1. The van der Waals surface area contributed by atoms with E-state index in [2.05, 4.69) is 6.92 Å². The van der Waals surface area contributed by atoms with Gasteiger partial charge in [0.25, 0.3) is 0 Å². The van der Waals surface area contributed by atoms with Crippen molar-refractivity contribution in [3.8, 4) is 0 Å². The Labute approximate surface area is 191 Å². The second-order valence-electron chi connectivity index (χ2n) is 10.5. The summed E-state index contributed by atoms with van der Waals surface area (Å²) < 4.78 is 11.3. The molecule has 0 bridgehead atoms. The van der Waals surface area contributed by atoms with Crippen LogP contribution in [-0.4, -0.2) is 46.2 Å². The summed E-state index contributed by atoms with van der Waals surface area (Å²) in [5.41, 5.74) is -1.28. The van der Waals surface area contributed by atoms with Gasteiger partial charge in [0.1, 0.15) is 11.3 Å². The molecular weight excluding hydrogens is 390 g/mol. The summed E-state index contributed by atoms with van der Waals surface area (Å²) in [5, 5.41) is 10.3. The Bertz CT molecular complexity index is 524. The van der Waals surface area contributed by atoms with Crippen LogP contribution >= 0.6 is 0 Å². The number of carbonyl (C=O) groups is 1. The second-order valence-corrected chi connectivity index (χ2v) is 10.5. The van der Waals surface area contributed by atoms with Crippen molar-refractivity contribution >= 4 is 6.09 Å². The van der Waals surface area contributed by atoms with Gasteiger partial charge in [-0.05, 0) is 41.0 Å². The smallest absolute Gasteiger partial charge is 0.413 e. The molecule has 1 rings (SSSR count). The molecule has 1 heterocycles. The Morgan fingerprint density at radius 3 is 2.10 bits per heavy atom. The van der Waals surface area contributed by atoms with Crippen molar-refractivity contribution in [2.75, 3.05) is 6.61 Å². The maximum absolute atomic E-state index is 12.6. The lowest BCUT2D eigenvalue weighted by molar-refractivity contribution is -0.0610. The van der Waals surface area contributed by atoms with Crippen LogP contribution in [0.4, 0.5) is 4.79 Å². The van der Waals surface area contributed by atoms with Crippen LogP contribution in [0.15, 0.2) is 12.2 Å². The maximum atomic E-state index is 12.6. The van der Waals surface area contributed by atoms with Crippen LogP contribution in [0.2, 0.25) is 0 Å². The Balaban J connectivity index is 2.26. The summed E-state index contributed by atoms with van der Waals surface area (Å²) in [6.45, 7) is 12.0. The first-order valence-electron chi connectivity index (χ1n) is 12.6. The number of amides is 1. The molecule has 2 atom stereocenters. The molecule has 0 aromatic heterocycles. The Kier molecular flexibility index (Phi) is 12.8. The molecule has 182 valence electrons. The van der Waals surface area contributed by atoms with Crippen molar-refractivity contribution in [2.24, 2.45) is 0 Å². The molecule has 1 aliphatic heterocycles. The molecule has 5 nitrogen and oxygen atoms in total. The molecular formula is C26H49NO4. The first kappa shape index (κ1) is 28.0. The van der Waals surface area contributed by atoms with E-state index < -0.39 is 17.4 Å². The van der Waals surface area contributed by atoms with Crippen LogP contribution < -0.4 is 0 Å². The van der Waals surface area contributed by atoms with Gasteiger partial charge >= 0.3 is 6.09 Å². The van der Waals surface area contributed by atoms with Crippen molar-refractivity contribution in [3.05, 3.63) is 12.2 Å². The Hall–Kier alpha value is -1.07. The van der Waals surface area contributed by atoms with Crippen molar-refractivity contribution in [1.82, 2.24) is 4.90 Å². The third-order valence-electron chi connectivity index (χ3n) is 5.77. The topological polar surface area (TPSA) is 59.0 Å². The van der Waals surface area contributed by atoms with Crippen molar-refractivity contribution < 1.29 is 19.4 Å². The molecule has 0 aromatic rings. The van der Waals surface area contributed by atoms with E-state index in [0.717, 1.165) is 12.8 Å². The number of aliphatic hydroxyl groups excluding tert-OH is 1. The predicted octanol–water partition coefficient (Wildman–Crippen LogP) is 6.98. The van der Waals surface area contributed by atoms with E-state index in [4.69, 9.17) is 9.47 Å². The van der Waals surface area contributed by atoms with Gasteiger partial charge in [-0.25, -0.2) is 4.79 Å². The van der Waals surface area contributed by atoms with E-state index in [1.807, 2.05) is 46.8 Å². The number of ether oxygens (including phenoxy) is 2. The zero-order chi connectivity index (χ0) is 23.3. The zero-order valence-electron chi connectivity index (χ0n) is 21.1. The van der Waals surface area contributed by atoms with Crippen LogP contribution in [0.25, 0.3) is 0 Å². The minimum Gasteiger partial charge on any atom is -0.444 e. The Morgan fingerprint density at radius 2 is 1.58 bits per heavy atom. The van der Waals surface area contributed by atoms with Crippen molar-refractivity contribution in [3.63, 3.8) is 0 Å². The van der Waals surface area contributed by atoms with E-state index in [-0.39, 0.29) is 12.1 Å². The van der Waals surface area contributed by atoms with E-state index in [9.17, 15) is 9.90 Å². The van der Waals surface area contributed by atoms with Crippen LogP contribution in [0.1, 0.15) is 119 Å². The van der Waals surface area contributed by atoms with Gasteiger partial charge in [-0.1, -0.05) is 89.7 Å². The molecule has 0 unspecified atom stereocenters. The molecule has 0 spiro atoms. The quantitative estimate of drug-likeness (QED) is 0.234. The molecule has 0 saturated carbocycles. The summed E-state index contributed by atoms with van der Waals surface area (Å²) in [6, 6.07) is -0.225. The first-order chi connectivity index (χ1) is 14.6. The van der Waals surface area contributed by atoms with Gasteiger partial charge in [0.05, 0.1) is 18.8 Å². The Morgan fingerprint density at radius 1 is 1.06 bits per heavy atom. The highest BCUT2D eigenvalue weighted by atomic mass is 16.6. The van der Waals surface area contributed by atoms with Gasteiger partial charge in [-0.3, -0.25) is 4.90 Å². The number of hydrogen-bond acceptors (Lipinski definition) is 4. The summed E-state index contributed by atoms with van der Waals surface area (Å²) in [7, 11) is 0. The predicted molar refractivity (Wildman–Crippen MR) is 128 cm³/mol. The van der Waals surface area contributed by atoms with Gasteiger partial charge in [0.15, 0.2) is 0 Å². The molecule has 5 heteroatoms. The monoisotopic (exact) mass is 439 g/mol. The summed E-state index contributed by atoms with van der Waals surface area (Å²) in [5.74, 6) is 0. The molecule has 0 aromatic carbocycles. The summed E-state index contributed by atoms with van der Waals surface area (Å²) in [6.07, 6.45) is 17.9. The van der Waals surface area contributed by atoms with Crippen molar-refractivity contribution in [1.29, 1.82) is 0 Å². The lowest BCUT2D eigenvalue weighted by Crippen LogP contribution is -2.49. The average Bonchev–Trinajstić information content (AvgIpc) is 2.97. The fraction of sp³-hybridized carbons (Fsp3) is 0.885. The fourth-order valence-corrected chi connectivity index (χ4v) is 4.01. The highest BCUT2D eigenvalue weighted by molar-refractivity contribution is 5.70. The fourth-order valence-electron chi connectivity index (χ4n) is 4.01. The van der Waals surface area contributed by atoms with Crippen LogP contribution in [0.5, 0.6) is 0 Å². The first-order valence-corrected chi connectivity index (χ1v) is 12.6. The molecule has 1 N–H and O–H groups in total. The molecule has 1 saturated heterocycles. The molecule has 31 heavy (non-hydrogen) atoms. The van der Waals surface area contributed by atoms with Crippen LogP contribution in [-0.2, 0) is 9.47 Å².